The third-order valence-corrected chi connectivity index (χ3v) is 4.06. The van der Waals surface area contributed by atoms with Crippen LogP contribution in [0.15, 0.2) is 71.5 Å². The molecular formula is C19H13N5O. The van der Waals surface area contributed by atoms with Gasteiger partial charge >= 0.3 is 0 Å². The number of aromatic nitrogens is 4. The van der Waals surface area contributed by atoms with Crippen LogP contribution < -0.4 is 5.32 Å². The fourth-order valence-corrected chi connectivity index (χ4v) is 2.82. The standard InChI is InChI=1S/C19H13N5O/c1-2-4-12(5-3-1)17-22-18(15-8-9-25-19(15)23-17)21-14-6-7-16-13(10-14)11-20-24-16/h1-11H,(H,20,24)(H,21,22,23). The topological polar surface area (TPSA) is 79.6 Å². The molecule has 3 aromatic heterocycles. The maximum absolute atomic E-state index is 5.51. The van der Waals surface area contributed by atoms with Gasteiger partial charge in [0, 0.05) is 16.6 Å². The first-order chi connectivity index (χ1) is 12.4. The number of nitrogens with one attached hydrogen (secondary N) is 2. The summed E-state index contributed by atoms with van der Waals surface area (Å²) in [4.78, 5) is 9.22. The van der Waals surface area contributed by atoms with Crippen LogP contribution in [0.3, 0.4) is 0 Å². The predicted octanol–water partition coefficient (Wildman–Crippen LogP) is 4.51. The molecule has 0 saturated heterocycles. The summed E-state index contributed by atoms with van der Waals surface area (Å²) in [6.45, 7) is 0. The Bertz CT molecular complexity index is 1180. The van der Waals surface area contributed by atoms with Crippen molar-refractivity contribution in [2.24, 2.45) is 0 Å². The molecule has 0 spiro atoms. The maximum atomic E-state index is 5.51. The molecule has 5 rings (SSSR count). The SMILES string of the molecule is c1ccc(-c2nc(Nc3ccc4[nH]ncc4c3)c3ccoc3n2)cc1. The molecule has 0 bridgehead atoms. The Morgan fingerprint density at radius 3 is 2.80 bits per heavy atom. The van der Waals surface area contributed by atoms with Crippen molar-refractivity contribution in [2.45, 2.75) is 0 Å². The number of furan rings is 1. The van der Waals surface area contributed by atoms with Crippen LogP contribution >= 0.6 is 0 Å². The summed E-state index contributed by atoms with van der Waals surface area (Å²) in [5, 5.41) is 12.2. The van der Waals surface area contributed by atoms with E-state index in [0.717, 1.165) is 27.5 Å². The number of fused-ring (bicyclic) bond motifs is 2. The van der Waals surface area contributed by atoms with E-state index in [1.54, 1.807) is 12.5 Å². The van der Waals surface area contributed by atoms with Gasteiger partial charge in [0.25, 0.3) is 0 Å². The highest BCUT2D eigenvalue weighted by atomic mass is 16.3. The highest BCUT2D eigenvalue weighted by Gasteiger charge is 2.12. The summed E-state index contributed by atoms with van der Waals surface area (Å²) in [5.74, 6) is 1.33. The van der Waals surface area contributed by atoms with E-state index in [-0.39, 0.29) is 0 Å². The van der Waals surface area contributed by atoms with E-state index in [1.807, 2.05) is 54.6 Å². The molecular weight excluding hydrogens is 314 g/mol. The average Bonchev–Trinajstić information content (AvgIpc) is 3.31. The lowest BCUT2D eigenvalue weighted by atomic mass is 10.2. The molecule has 3 heterocycles. The first kappa shape index (κ1) is 13.7. The second kappa shape index (κ2) is 5.45. The Labute approximate surface area is 142 Å². The van der Waals surface area contributed by atoms with Crippen molar-refractivity contribution in [3.8, 4) is 11.4 Å². The summed E-state index contributed by atoms with van der Waals surface area (Å²) in [5.41, 5.74) is 3.41. The van der Waals surface area contributed by atoms with Crippen LogP contribution in [0.2, 0.25) is 0 Å². The summed E-state index contributed by atoms with van der Waals surface area (Å²) >= 11 is 0. The van der Waals surface area contributed by atoms with Gasteiger partial charge in [-0.2, -0.15) is 10.1 Å². The highest BCUT2D eigenvalue weighted by molar-refractivity contribution is 5.90. The number of aromatic amines is 1. The van der Waals surface area contributed by atoms with E-state index in [2.05, 4.69) is 20.5 Å². The Morgan fingerprint density at radius 1 is 0.960 bits per heavy atom. The van der Waals surface area contributed by atoms with E-state index in [1.165, 1.54) is 0 Å². The number of anilines is 2. The molecule has 120 valence electrons. The molecule has 25 heavy (non-hydrogen) atoms. The Morgan fingerprint density at radius 2 is 1.88 bits per heavy atom. The molecule has 5 aromatic rings. The largest absolute Gasteiger partial charge is 0.446 e. The minimum Gasteiger partial charge on any atom is -0.446 e. The van der Waals surface area contributed by atoms with Crippen LogP contribution in [0.4, 0.5) is 11.5 Å². The molecule has 0 aliphatic rings. The summed E-state index contributed by atoms with van der Waals surface area (Å²) in [6, 6.07) is 17.7. The van der Waals surface area contributed by atoms with E-state index in [9.17, 15) is 0 Å². The number of hydrogen-bond acceptors (Lipinski definition) is 5. The molecule has 0 saturated carbocycles. The molecule has 6 heteroatoms. The summed E-state index contributed by atoms with van der Waals surface area (Å²) in [7, 11) is 0. The fraction of sp³-hybridized carbons (Fsp3) is 0. The number of benzene rings is 2. The zero-order valence-corrected chi connectivity index (χ0v) is 13.1. The lowest BCUT2D eigenvalue weighted by molar-refractivity contribution is 0.603. The average molecular weight is 327 g/mol. The lowest BCUT2D eigenvalue weighted by Gasteiger charge is -2.08. The first-order valence-electron chi connectivity index (χ1n) is 7.88. The van der Waals surface area contributed by atoms with Crippen LogP contribution in [0.5, 0.6) is 0 Å². The third kappa shape index (κ3) is 2.40. The van der Waals surface area contributed by atoms with Gasteiger partial charge in [-0.05, 0) is 24.3 Å². The number of nitrogens with zero attached hydrogens (tertiary/aromatic N) is 3. The van der Waals surface area contributed by atoms with Gasteiger partial charge in [0.15, 0.2) is 5.82 Å². The smallest absolute Gasteiger partial charge is 0.231 e. The van der Waals surface area contributed by atoms with E-state index in [0.29, 0.717) is 17.4 Å². The van der Waals surface area contributed by atoms with Crippen molar-refractivity contribution in [3.05, 3.63) is 67.1 Å². The zero-order chi connectivity index (χ0) is 16.6. The molecule has 0 radical (unpaired) electrons. The van der Waals surface area contributed by atoms with E-state index >= 15 is 0 Å². The Hall–Kier alpha value is -3.67. The highest BCUT2D eigenvalue weighted by Crippen LogP contribution is 2.28. The van der Waals surface area contributed by atoms with Crippen LogP contribution in [0.25, 0.3) is 33.4 Å². The van der Waals surface area contributed by atoms with Crippen molar-refractivity contribution in [3.63, 3.8) is 0 Å². The zero-order valence-electron chi connectivity index (χ0n) is 13.1. The number of H-pyrrole nitrogens is 1. The summed E-state index contributed by atoms with van der Waals surface area (Å²) < 4.78 is 5.51. The van der Waals surface area contributed by atoms with Crippen molar-refractivity contribution < 1.29 is 4.42 Å². The molecule has 0 atom stereocenters. The van der Waals surface area contributed by atoms with Gasteiger partial charge in [0.05, 0.1) is 23.4 Å². The molecule has 0 fully saturated rings. The minimum atomic E-state index is 0.556. The van der Waals surface area contributed by atoms with Gasteiger partial charge in [0.1, 0.15) is 5.82 Å². The summed E-state index contributed by atoms with van der Waals surface area (Å²) in [6.07, 6.45) is 3.42. The molecule has 2 aromatic carbocycles. The minimum absolute atomic E-state index is 0.556. The third-order valence-electron chi connectivity index (χ3n) is 4.06. The lowest BCUT2D eigenvalue weighted by Crippen LogP contribution is -1.98. The first-order valence-corrected chi connectivity index (χ1v) is 7.88. The van der Waals surface area contributed by atoms with Gasteiger partial charge in [-0.3, -0.25) is 5.10 Å². The van der Waals surface area contributed by atoms with Gasteiger partial charge in [-0.1, -0.05) is 30.3 Å². The van der Waals surface area contributed by atoms with Gasteiger partial charge in [0.2, 0.25) is 5.71 Å². The molecule has 6 nitrogen and oxygen atoms in total. The predicted molar refractivity (Wildman–Crippen MR) is 96.6 cm³/mol. The van der Waals surface area contributed by atoms with Crippen LogP contribution in [0, 0.1) is 0 Å². The van der Waals surface area contributed by atoms with Crippen molar-refractivity contribution >= 4 is 33.5 Å². The van der Waals surface area contributed by atoms with Crippen LogP contribution in [-0.2, 0) is 0 Å². The molecule has 0 unspecified atom stereocenters. The Kier molecular flexibility index (Phi) is 3.00. The van der Waals surface area contributed by atoms with E-state index in [4.69, 9.17) is 9.40 Å². The van der Waals surface area contributed by atoms with Gasteiger partial charge < -0.3 is 9.73 Å². The van der Waals surface area contributed by atoms with Gasteiger partial charge in [-0.25, -0.2) is 4.98 Å². The van der Waals surface area contributed by atoms with Crippen molar-refractivity contribution in [1.29, 1.82) is 0 Å². The second-order valence-electron chi connectivity index (χ2n) is 5.70. The molecule has 0 aliphatic heterocycles. The maximum Gasteiger partial charge on any atom is 0.231 e. The molecule has 2 N–H and O–H groups in total. The van der Waals surface area contributed by atoms with Crippen LogP contribution in [0.1, 0.15) is 0 Å². The monoisotopic (exact) mass is 327 g/mol. The van der Waals surface area contributed by atoms with Crippen molar-refractivity contribution in [1.82, 2.24) is 20.2 Å². The normalized spacial score (nSPS) is 11.2. The number of rotatable bonds is 3. The number of hydrogen-bond donors (Lipinski definition) is 2. The second-order valence-corrected chi connectivity index (χ2v) is 5.70. The Balaban J connectivity index is 1.62. The quantitative estimate of drug-likeness (QED) is 0.509. The van der Waals surface area contributed by atoms with E-state index < -0.39 is 0 Å². The van der Waals surface area contributed by atoms with Gasteiger partial charge in [-0.15, -0.1) is 0 Å². The molecule has 0 amide bonds. The van der Waals surface area contributed by atoms with Crippen molar-refractivity contribution in [2.75, 3.05) is 5.32 Å². The molecule has 0 aliphatic carbocycles. The fourth-order valence-electron chi connectivity index (χ4n) is 2.82. The van der Waals surface area contributed by atoms with Crippen LogP contribution in [-0.4, -0.2) is 20.2 Å².